The zero-order valence-electron chi connectivity index (χ0n) is 20.8. The average Bonchev–Trinajstić information content (AvgIpc) is 3.44. The molecule has 0 spiro atoms. The summed E-state index contributed by atoms with van der Waals surface area (Å²) in [6.45, 7) is 0.720. The monoisotopic (exact) mass is 565 g/mol. The van der Waals surface area contributed by atoms with Gasteiger partial charge in [0.15, 0.2) is 5.82 Å². The number of anilines is 1. The van der Waals surface area contributed by atoms with Crippen molar-refractivity contribution in [2.24, 2.45) is 0 Å². The smallest absolute Gasteiger partial charge is 0.257 e. The fourth-order valence-electron chi connectivity index (χ4n) is 4.24. The number of aryl methyl sites for hydroxylation is 1. The molecule has 2 N–H and O–H groups in total. The number of hydrogen-bond acceptors (Lipinski definition) is 6. The third-order valence-electron chi connectivity index (χ3n) is 6.14. The Morgan fingerprint density at radius 3 is 2.74 bits per heavy atom. The van der Waals surface area contributed by atoms with Crippen molar-refractivity contribution in [3.8, 4) is 11.6 Å². The number of nitrogens with one attached hydrogen (secondary N) is 2. The molecule has 1 unspecified atom stereocenters. The molecule has 0 radical (unpaired) electrons. The Labute approximate surface area is 235 Å². The van der Waals surface area contributed by atoms with Gasteiger partial charge in [0.25, 0.3) is 11.8 Å². The number of pyridine rings is 1. The third kappa shape index (κ3) is 6.39. The highest BCUT2D eigenvalue weighted by Crippen LogP contribution is 2.32. The van der Waals surface area contributed by atoms with E-state index in [9.17, 15) is 9.59 Å². The van der Waals surface area contributed by atoms with E-state index in [4.69, 9.17) is 32.7 Å². The van der Waals surface area contributed by atoms with Gasteiger partial charge < -0.3 is 19.8 Å². The van der Waals surface area contributed by atoms with Crippen LogP contribution in [0.2, 0.25) is 10.0 Å². The molecule has 9 nitrogen and oxygen atoms in total. The summed E-state index contributed by atoms with van der Waals surface area (Å²) in [5.74, 6) is 0.00668. The van der Waals surface area contributed by atoms with Crippen LogP contribution in [0.4, 0.5) is 5.82 Å². The molecule has 1 aliphatic rings. The average molecular weight is 566 g/mol. The Morgan fingerprint density at radius 2 is 1.92 bits per heavy atom. The number of amides is 2. The number of ether oxygens (including phenoxy) is 2. The first-order valence-electron chi connectivity index (χ1n) is 12.3. The van der Waals surface area contributed by atoms with E-state index in [2.05, 4.69) is 20.3 Å². The molecule has 2 aromatic heterocycles. The molecule has 3 heterocycles. The quantitative estimate of drug-likeness (QED) is 0.288. The van der Waals surface area contributed by atoms with E-state index in [0.717, 1.165) is 24.1 Å². The van der Waals surface area contributed by atoms with Crippen molar-refractivity contribution in [2.45, 2.75) is 25.5 Å². The third-order valence-corrected chi connectivity index (χ3v) is 6.67. The number of H-pyrrole nitrogens is 1. The minimum atomic E-state index is -0.990. The number of aromatic nitrogens is 3. The van der Waals surface area contributed by atoms with E-state index in [-0.39, 0.29) is 41.3 Å². The summed E-state index contributed by atoms with van der Waals surface area (Å²) in [7, 11) is 0. The summed E-state index contributed by atoms with van der Waals surface area (Å²) >= 11 is 12.2. The number of carbonyl (C=O) groups excluding carboxylic acids is 2. The number of imidazole rings is 1. The standard InChI is InChI=1S/C28H25Cl2N5O4/c29-19-10-11-24(21(30)14-19)39-27-20(8-4-12-31-27)26(36)34-23(16-38-15-18-6-2-1-3-7-18)28(37)35-13-5-9-22-25(35)33-17-32-22/h1-4,6-8,10-12,14,17,23H,5,9,13,15-16H2,(H,32,33)(H,34,36). The highest BCUT2D eigenvalue weighted by Gasteiger charge is 2.32. The summed E-state index contributed by atoms with van der Waals surface area (Å²) in [6, 6.07) is 16.5. The number of fused-ring (bicyclic) bond motifs is 1. The second-order valence-corrected chi connectivity index (χ2v) is 9.70. The second-order valence-electron chi connectivity index (χ2n) is 8.86. The van der Waals surface area contributed by atoms with Crippen molar-refractivity contribution in [2.75, 3.05) is 18.1 Å². The summed E-state index contributed by atoms with van der Waals surface area (Å²) in [4.78, 5) is 40.4. The van der Waals surface area contributed by atoms with E-state index in [1.807, 2.05) is 30.3 Å². The number of aromatic amines is 1. The van der Waals surface area contributed by atoms with Crippen molar-refractivity contribution < 1.29 is 19.1 Å². The first-order valence-corrected chi connectivity index (χ1v) is 13.1. The molecule has 0 saturated heterocycles. The zero-order valence-corrected chi connectivity index (χ0v) is 22.3. The van der Waals surface area contributed by atoms with Gasteiger partial charge in [0.05, 0.1) is 30.3 Å². The molecular weight excluding hydrogens is 541 g/mol. The van der Waals surface area contributed by atoms with Crippen LogP contribution in [0.25, 0.3) is 0 Å². The molecule has 2 aromatic carbocycles. The molecule has 1 atom stereocenters. The van der Waals surface area contributed by atoms with Gasteiger partial charge in [-0.1, -0.05) is 53.5 Å². The minimum Gasteiger partial charge on any atom is -0.437 e. The Bertz CT molecular complexity index is 1460. The lowest BCUT2D eigenvalue weighted by atomic mass is 10.1. The number of carbonyl (C=O) groups is 2. The number of rotatable bonds is 9. The van der Waals surface area contributed by atoms with Gasteiger partial charge in [0.2, 0.25) is 5.88 Å². The maximum absolute atomic E-state index is 13.7. The highest BCUT2D eigenvalue weighted by atomic mass is 35.5. The Hall–Kier alpha value is -3.92. The summed E-state index contributed by atoms with van der Waals surface area (Å²) in [5, 5.41) is 3.53. The second kappa shape index (κ2) is 12.3. The predicted molar refractivity (Wildman–Crippen MR) is 147 cm³/mol. The molecule has 4 aromatic rings. The molecule has 0 saturated carbocycles. The van der Waals surface area contributed by atoms with Crippen LogP contribution in [0.1, 0.15) is 28.0 Å². The Balaban J connectivity index is 1.36. The lowest BCUT2D eigenvalue weighted by molar-refractivity contribution is -0.122. The van der Waals surface area contributed by atoms with Crippen LogP contribution in [-0.4, -0.2) is 46.0 Å². The van der Waals surface area contributed by atoms with Crippen LogP contribution in [-0.2, 0) is 22.6 Å². The highest BCUT2D eigenvalue weighted by molar-refractivity contribution is 6.35. The fraction of sp³-hybridized carbons (Fsp3) is 0.214. The molecule has 0 fully saturated rings. The van der Waals surface area contributed by atoms with Crippen LogP contribution in [0.15, 0.2) is 73.2 Å². The first kappa shape index (κ1) is 26.7. The van der Waals surface area contributed by atoms with E-state index < -0.39 is 11.9 Å². The normalized spacial score (nSPS) is 13.4. The zero-order chi connectivity index (χ0) is 27.2. The molecule has 11 heteroatoms. The van der Waals surface area contributed by atoms with Gasteiger partial charge in [-0.25, -0.2) is 9.97 Å². The van der Waals surface area contributed by atoms with Crippen molar-refractivity contribution in [1.82, 2.24) is 20.3 Å². The van der Waals surface area contributed by atoms with E-state index in [1.165, 1.54) is 12.3 Å². The fourth-order valence-corrected chi connectivity index (χ4v) is 4.69. The van der Waals surface area contributed by atoms with Crippen molar-refractivity contribution in [1.29, 1.82) is 0 Å². The van der Waals surface area contributed by atoms with Crippen LogP contribution in [0, 0.1) is 0 Å². The molecule has 39 heavy (non-hydrogen) atoms. The maximum atomic E-state index is 13.7. The van der Waals surface area contributed by atoms with Gasteiger partial charge in [0, 0.05) is 17.8 Å². The van der Waals surface area contributed by atoms with Crippen LogP contribution in [0.5, 0.6) is 11.6 Å². The van der Waals surface area contributed by atoms with Crippen LogP contribution < -0.4 is 15.0 Å². The van der Waals surface area contributed by atoms with Gasteiger partial charge in [0.1, 0.15) is 17.4 Å². The number of halogens is 2. The summed E-state index contributed by atoms with van der Waals surface area (Å²) in [6.07, 6.45) is 4.63. The number of nitrogens with zero attached hydrogens (tertiary/aromatic N) is 3. The van der Waals surface area contributed by atoms with Crippen molar-refractivity contribution >= 4 is 40.8 Å². The maximum Gasteiger partial charge on any atom is 0.257 e. The van der Waals surface area contributed by atoms with Crippen LogP contribution in [0.3, 0.4) is 0 Å². The van der Waals surface area contributed by atoms with Gasteiger partial charge in [-0.05, 0) is 48.7 Å². The van der Waals surface area contributed by atoms with E-state index >= 15 is 0 Å². The van der Waals surface area contributed by atoms with Gasteiger partial charge in [-0.2, -0.15) is 0 Å². The van der Waals surface area contributed by atoms with Gasteiger partial charge >= 0.3 is 0 Å². The predicted octanol–water partition coefficient (Wildman–Crippen LogP) is 5.20. The lowest BCUT2D eigenvalue weighted by Crippen LogP contribution is -2.52. The Kier molecular flexibility index (Phi) is 8.41. The molecule has 0 bridgehead atoms. The lowest BCUT2D eigenvalue weighted by Gasteiger charge is -2.29. The summed E-state index contributed by atoms with van der Waals surface area (Å²) in [5.41, 5.74) is 1.96. The summed E-state index contributed by atoms with van der Waals surface area (Å²) < 4.78 is 11.7. The van der Waals surface area contributed by atoms with Gasteiger partial charge in [-0.15, -0.1) is 0 Å². The topological polar surface area (TPSA) is 109 Å². The van der Waals surface area contributed by atoms with Gasteiger partial charge in [-0.3, -0.25) is 14.5 Å². The van der Waals surface area contributed by atoms with E-state index in [0.29, 0.717) is 17.4 Å². The van der Waals surface area contributed by atoms with Crippen LogP contribution >= 0.6 is 23.2 Å². The van der Waals surface area contributed by atoms with Crippen molar-refractivity contribution in [3.05, 3.63) is 100 Å². The Morgan fingerprint density at radius 1 is 1.08 bits per heavy atom. The first-order chi connectivity index (χ1) is 19.0. The minimum absolute atomic E-state index is 0.0307. The number of benzene rings is 2. The molecular formula is C28H25Cl2N5O4. The van der Waals surface area contributed by atoms with Crippen molar-refractivity contribution in [3.63, 3.8) is 0 Å². The number of hydrogen-bond donors (Lipinski definition) is 2. The van der Waals surface area contributed by atoms with E-state index in [1.54, 1.807) is 35.5 Å². The molecule has 0 aliphatic carbocycles. The molecule has 200 valence electrons. The molecule has 2 amide bonds. The molecule has 5 rings (SSSR count). The SMILES string of the molecule is O=C(NC(COCc1ccccc1)C(=O)N1CCCc2[nH]cnc21)c1cccnc1Oc1ccc(Cl)cc1Cl. The largest absolute Gasteiger partial charge is 0.437 e. The molecule has 1 aliphatic heterocycles.